The van der Waals surface area contributed by atoms with E-state index in [0.29, 0.717) is 17.8 Å². The lowest BCUT2D eigenvalue weighted by Gasteiger charge is -2.25. The number of nitrogens with zero attached hydrogens (tertiary/aromatic N) is 1. The molecule has 2 heterocycles. The number of hydrogen-bond donors (Lipinski definition) is 5. The van der Waals surface area contributed by atoms with E-state index in [2.05, 4.69) is 44.9 Å². The summed E-state index contributed by atoms with van der Waals surface area (Å²) < 4.78 is 27.8. The molecule has 0 aliphatic carbocycles. The summed E-state index contributed by atoms with van der Waals surface area (Å²) in [6.45, 7) is 2.76. The third-order valence-corrected chi connectivity index (χ3v) is 6.93. The van der Waals surface area contributed by atoms with E-state index in [0.717, 1.165) is 34.5 Å². The highest BCUT2D eigenvalue weighted by Crippen LogP contribution is 2.27. The fraction of sp³-hybridized carbons (Fsp3) is 0.226. The molecule has 2 aromatic heterocycles. The van der Waals surface area contributed by atoms with Crippen molar-refractivity contribution in [3.63, 3.8) is 0 Å². The van der Waals surface area contributed by atoms with Gasteiger partial charge >= 0.3 is 0 Å². The summed E-state index contributed by atoms with van der Waals surface area (Å²) in [5, 5.41) is 25.2. The van der Waals surface area contributed by atoms with Crippen LogP contribution in [0.4, 0.5) is 8.78 Å². The molecule has 0 spiro atoms. The standard InChI is InChI=1S/C31H31F2N5O2/c1-2-19-6-5-7-20(10-19)16-34-18-30(39)28(13-21-11-22(32)14-23(33)12-21)36-31(40)29-15-27(37-38-29)25-17-35-26-9-4-3-8-24(25)26/h3-12,14-15,17,28,30,34-35,39H,2,13,16,18H2,1H3,(H,36,40)(H,37,38)/t28-,30-/m0/s1. The Bertz CT molecular complexity index is 1590. The number of amides is 1. The Kier molecular flexibility index (Phi) is 8.33. The average molecular weight is 544 g/mol. The lowest BCUT2D eigenvalue weighted by atomic mass is 10.00. The number of aliphatic hydroxyl groups is 1. The van der Waals surface area contributed by atoms with Crippen molar-refractivity contribution in [2.45, 2.75) is 38.5 Å². The highest BCUT2D eigenvalue weighted by atomic mass is 19.1. The number of hydrogen-bond acceptors (Lipinski definition) is 4. The molecule has 2 atom stereocenters. The fourth-order valence-electron chi connectivity index (χ4n) is 4.84. The van der Waals surface area contributed by atoms with E-state index in [1.807, 2.05) is 42.6 Å². The summed E-state index contributed by atoms with van der Waals surface area (Å²) in [7, 11) is 0. The van der Waals surface area contributed by atoms with Gasteiger partial charge in [0.25, 0.3) is 5.91 Å². The van der Waals surface area contributed by atoms with Gasteiger partial charge in [-0.05, 0) is 53.8 Å². The summed E-state index contributed by atoms with van der Waals surface area (Å²) in [6.07, 6.45) is 1.73. The average Bonchev–Trinajstić information content (AvgIpc) is 3.60. The molecule has 0 unspecified atom stereocenters. The minimum Gasteiger partial charge on any atom is -0.390 e. The number of aromatic nitrogens is 3. The van der Waals surface area contributed by atoms with Gasteiger partial charge in [-0.3, -0.25) is 9.89 Å². The molecule has 1 amide bonds. The number of carbonyl (C=O) groups excluding carboxylic acids is 1. The summed E-state index contributed by atoms with van der Waals surface area (Å²) >= 11 is 0. The van der Waals surface area contributed by atoms with Crippen molar-refractivity contribution in [1.29, 1.82) is 0 Å². The van der Waals surface area contributed by atoms with Gasteiger partial charge in [0.1, 0.15) is 17.3 Å². The summed E-state index contributed by atoms with van der Waals surface area (Å²) in [4.78, 5) is 16.4. The molecule has 40 heavy (non-hydrogen) atoms. The first-order valence-corrected chi connectivity index (χ1v) is 13.2. The van der Waals surface area contributed by atoms with Crippen LogP contribution in [-0.2, 0) is 19.4 Å². The molecule has 0 saturated heterocycles. The molecule has 7 nitrogen and oxygen atoms in total. The zero-order chi connectivity index (χ0) is 28.1. The number of para-hydroxylation sites is 1. The zero-order valence-corrected chi connectivity index (χ0v) is 22.0. The van der Waals surface area contributed by atoms with E-state index in [9.17, 15) is 18.7 Å². The maximum atomic E-state index is 13.9. The molecule has 206 valence electrons. The smallest absolute Gasteiger partial charge is 0.269 e. The van der Waals surface area contributed by atoms with Crippen molar-refractivity contribution in [1.82, 2.24) is 25.8 Å². The maximum Gasteiger partial charge on any atom is 0.269 e. The number of aryl methyl sites for hydroxylation is 1. The molecule has 5 N–H and O–H groups in total. The molecule has 0 saturated carbocycles. The number of aliphatic hydroxyl groups excluding tert-OH is 1. The van der Waals surface area contributed by atoms with Crippen LogP contribution in [-0.4, -0.2) is 44.9 Å². The van der Waals surface area contributed by atoms with Crippen LogP contribution in [0.5, 0.6) is 0 Å². The van der Waals surface area contributed by atoms with Crippen LogP contribution in [0.25, 0.3) is 22.2 Å². The number of nitrogens with one attached hydrogen (secondary N) is 4. The lowest BCUT2D eigenvalue weighted by Crippen LogP contribution is -2.48. The number of fused-ring (bicyclic) bond motifs is 1. The molecule has 0 bridgehead atoms. The van der Waals surface area contributed by atoms with Crippen LogP contribution in [0.2, 0.25) is 0 Å². The maximum absolute atomic E-state index is 13.9. The predicted octanol–water partition coefficient (Wildman–Crippen LogP) is 4.89. The lowest BCUT2D eigenvalue weighted by molar-refractivity contribution is 0.0825. The van der Waals surface area contributed by atoms with E-state index < -0.39 is 29.7 Å². The fourth-order valence-corrected chi connectivity index (χ4v) is 4.84. The van der Waals surface area contributed by atoms with Crippen LogP contribution in [0.3, 0.4) is 0 Å². The third kappa shape index (κ3) is 6.44. The van der Waals surface area contributed by atoms with Gasteiger partial charge < -0.3 is 20.7 Å². The van der Waals surface area contributed by atoms with Gasteiger partial charge in [-0.2, -0.15) is 5.10 Å². The Balaban J connectivity index is 1.31. The van der Waals surface area contributed by atoms with E-state index in [1.165, 1.54) is 17.7 Å². The van der Waals surface area contributed by atoms with Crippen molar-refractivity contribution in [3.8, 4) is 11.3 Å². The number of benzene rings is 3. The molecule has 0 aliphatic rings. The Labute approximate surface area is 230 Å². The Hall–Kier alpha value is -4.34. The molecule has 5 aromatic rings. The Morgan fingerprint density at radius 2 is 1.75 bits per heavy atom. The highest BCUT2D eigenvalue weighted by Gasteiger charge is 2.24. The predicted molar refractivity (Wildman–Crippen MR) is 151 cm³/mol. The molecule has 3 aromatic carbocycles. The molecule has 9 heteroatoms. The van der Waals surface area contributed by atoms with Crippen molar-refractivity contribution < 1.29 is 18.7 Å². The molecular formula is C31H31F2N5O2. The second-order valence-corrected chi connectivity index (χ2v) is 9.85. The Morgan fingerprint density at radius 3 is 2.55 bits per heavy atom. The van der Waals surface area contributed by atoms with E-state index in [-0.39, 0.29) is 18.7 Å². The summed E-state index contributed by atoms with van der Waals surface area (Å²) in [6, 6.07) is 19.9. The third-order valence-electron chi connectivity index (χ3n) is 6.93. The monoisotopic (exact) mass is 543 g/mol. The topological polar surface area (TPSA) is 106 Å². The van der Waals surface area contributed by atoms with Gasteiger partial charge in [0, 0.05) is 41.8 Å². The minimum atomic E-state index is -1.04. The second kappa shape index (κ2) is 12.2. The highest BCUT2D eigenvalue weighted by molar-refractivity contribution is 5.97. The molecule has 0 fully saturated rings. The van der Waals surface area contributed by atoms with Gasteiger partial charge in [0.2, 0.25) is 0 Å². The van der Waals surface area contributed by atoms with Gasteiger partial charge in [-0.25, -0.2) is 8.78 Å². The SMILES string of the molecule is CCc1cccc(CNC[C@H](O)[C@H](Cc2cc(F)cc(F)c2)NC(=O)c2cc(-c3c[nH]c4ccccc34)n[nH]2)c1. The molecule has 0 radical (unpaired) electrons. The largest absolute Gasteiger partial charge is 0.390 e. The van der Waals surface area contributed by atoms with Crippen LogP contribution in [0.1, 0.15) is 34.1 Å². The zero-order valence-electron chi connectivity index (χ0n) is 22.0. The first-order chi connectivity index (χ1) is 19.4. The van der Waals surface area contributed by atoms with Crippen LogP contribution in [0.15, 0.2) is 79.0 Å². The molecule has 0 aliphatic heterocycles. The van der Waals surface area contributed by atoms with Gasteiger partial charge in [0.15, 0.2) is 0 Å². The quantitative estimate of drug-likeness (QED) is 0.164. The summed E-state index contributed by atoms with van der Waals surface area (Å²) in [5.41, 5.74) is 5.18. The number of halogens is 2. The summed E-state index contributed by atoms with van der Waals surface area (Å²) in [5.74, 6) is -1.93. The number of carbonyl (C=O) groups is 1. The minimum absolute atomic E-state index is 0.0258. The van der Waals surface area contributed by atoms with E-state index >= 15 is 0 Å². The number of aromatic amines is 2. The first-order valence-electron chi connectivity index (χ1n) is 13.2. The second-order valence-electron chi connectivity index (χ2n) is 9.85. The van der Waals surface area contributed by atoms with Crippen molar-refractivity contribution in [3.05, 3.63) is 113 Å². The molecular weight excluding hydrogens is 512 g/mol. The van der Waals surface area contributed by atoms with Crippen LogP contribution >= 0.6 is 0 Å². The van der Waals surface area contributed by atoms with Gasteiger partial charge in [-0.1, -0.05) is 49.4 Å². The van der Waals surface area contributed by atoms with E-state index in [1.54, 1.807) is 6.07 Å². The van der Waals surface area contributed by atoms with E-state index in [4.69, 9.17) is 0 Å². The Morgan fingerprint density at radius 1 is 0.975 bits per heavy atom. The van der Waals surface area contributed by atoms with Gasteiger partial charge in [0.05, 0.1) is 17.8 Å². The van der Waals surface area contributed by atoms with Crippen LogP contribution in [0, 0.1) is 11.6 Å². The van der Waals surface area contributed by atoms with Crippen LogP contribution < -0.4 is 10.6 Å². The molecule has 5 rings (SSSR count). The van der Waals surface area contributed by atoms with Crippen molar-refractivity contribution in [2.24, 2.45) is 0 Å². The normalized spacial score (nSPS) is 12.9. The van der Waals surface area contributed by atoms with Gasteiger partial charge in [-0.15, -0.1) is 0 Å². The first kappa shape index (κ1) is 27.2. The van der Waals surface area contributed by atoms with Crippen molar-refractivity contribution >= 4 is 16.8 Å². The number of H-pyrrole nitrogens is 2. The number of rotatable bonds is 11. The van der Waals surface area contributed by atoms with Crippen molar-refractivity contribution in [2.75, 3.05) is 6.54 Å².